The molecule has 0 aromatic heterocycles. The van der Waals surface area contributed by atoms with Gasteiger partial charge in [0, 0.05) is 5.69 Å². The zero-order valence-electron chi connectivity index (χ0n) is 16.9. The zero-order valence-corrected chi connectivity index (χ0v) is 16.9. The molecule has 0 radical (unpaired) electrons. The van der Waals surface area contributed by atoms with Gasteiger partial charge in [0.25, 0.3) is 5.91 Å². The number of carbonyl (C=O) groups excluding carboxylic acids is 2. The Bertz CT molecular complexity index is 814. The Balaban J connectivity index is 2.00. The number of esters is 1. The molecule has 6 nitrogen and oxygen atoms in total. The summed E-state index contributed by atoms with van der Waals surface area (Å²) in [4.78, 5) is 24.7. The molecule has 0 unspecified atom stereocenters. The molecule has 0 saturated carbocycles. The molecule has 0 aliphatic rings. The minimum Gasteiger partial charge on any atom is -0.493 e. The fraction of sp³-hybridized carbons (Fsp3) is 0.364. The number of hydrogen-bond donors (Lipinski definition) is 1. The van der Waals surface area contributed by atoms with Crippen molar-refractivity contribution in [2.75, 3.05) is 19.0 Å². The van der Waals surface area contributed by atoms with Crippen LogP contribution in [0.25, 0.3) is 0 Å². The summed E-state index contributed by atoms with van der Waals surface area (Å²) in [6.07, 6.45) is -0.948. The van der Waals surface area contributed by atoms with Crippen LogP contribution in [0, 0.1) is 12.8 Å². The summed E-state index contributed by atoms with van der Waals surface area (Å²) < 4.78 is 16.3. The first-order valence-electron chi connectivity index (χ1n) is 9.19. The van der Waals surface area contributed by atoms with Crippen LogP contribution in [-0.4, -0.2) is 31.7 Å². The van der Waals surface area contributed by atoms with Gasteiger partial charge in [0.2, 0.25) is 0 Å². The predicted molar refractivity (Wildman–Crippen MR) is 108 cm³/mol. The van der Waals surface area contributed by atoms with Crippen LogP contribution in [0.2, 0.25) is 0 Å². The van der Waals surface area contributed by atoms with Crippen LogP contribution in [0.15, 0.2) is 42.5 Å². The van der Waals surface area contributed by atoms with Crippen LogP contribution < -0.4 is 14.8 Å². The van der Waals surface area contributed by atoms with E-state index in [0.29, 0.717) is 29.7 Å². The van der Waals surface area contributed by atoms with Crippen LogP contribution in [-0.2, 0) is 9.53 Å². The van der Waals surface area contributed by atoms with Crippen molar-refractivity contribution in [2.45, 2.75) is 33.8 Å². The maximum Gasteiger partial charge on any atom is 0.339 e. The second-order valence-corrected chi connectivity index (χ2v) is 6.97. The van der Waals surface area contributed by atoms with Crippen molar-refractivity contribution >= 4 is 17.6 Å². The first-order valence-corrected chi connectivity index (χ1v) is 9.19. The molecule has 0 bridgehead atoms. The number of nitrogens with one attached hydrogen (secondary N) is 1. The number of rotatable bonds is 8. The molecule has 0 saturated heterocycles. The minimum atomic E-state index is -0.948. The Morgan fingerprint density at radius 1 is 1.00 bits per heavy atom. The molecule has 1 amide bonds. The van der Waals surface area contributed by atoms with E-state index in [2.05, 4.69) is 5.32 Å². The molecule has 2 rings (SSSR count). The molecule has 2 aromatic rings. The Hall–Kier alpha value is -3.02. The maximum absolute atomic E-state index is 12.4. The van der Waals surface area contributed by atoms with Crippen LogP contribution in [0.5, 0.6) is 11.5 Å². The van der Waals surface area contributed by atoms with Gasteiger partial charge in [-0.2, -0.15) is 0 Å². The van der Waals surface area contributed by atoms with Gasteiger partial charge >= 0.3 is 5.97 Å². The van der Waals surface area contributed by atoms with Gasteiger partial charge in [-0.15, -0.1) is 0 Å². The van der Waals surface area contributed by atoms with E-state index >= 15 is 0 Å². The lowest BCUT2D eigenvalue weighted by molar-refractivity contribution is -0.123. The number of methoxy groups -OCH3 is 1. The van der Waals surface area contributed by atoms with E-state index in [-0.39, 0.29) is 5.56 Å². The van der Waals surface area contributed by atoms with Crippen molar-refractivity contribution in [3.63, 3.8) is 0 Å². The van der Waals surface area contributed by atoms with Crippen molar-refractivity contribution in [1.82, 2.24) is 0 Å². The SMILES string of the molecule is COc1cc(C(=O)O[C@H](C)C(=O)Nc2ccc(C)cc2)ccc1OCC(C)C. The van der Waals surface area contributed by atoms with Gasteiger partial charge in [-0.1, -0.05) is 31.5 Å². The summed E-state index contributed by atoms with van der Waals surface area (Å²) in [5.41, 5.74) is 2.02. The molecule has 1 atom stereocenters. The van der Waals surface area contributed by atoms with Crippen LogP contribution >= 0.6 is 0 Å². The van der Waals surface area contributed by atoms with Crippen LogP contribution in [0.4, 0.5) is 5.69 Å². The van der Waals surface area contributed by atoms with Gasteiger partial charge in [-0.25, -0.2) is 4.79 Å². The monoisotopic (exact) mass is 385 g/mol. The molecule has 6 heteroatoms. The van der Waals surface area contributed by atoms with Gasteiger partial charge in [0.05, 0.1) is 19.3 Å². The molecule has 0 heterocycles. The summed E-state index contributed by atoms with van der Waals surface area (Å²) in [7, 11) is 1.50. The molecule has 28 heavy (non-hydrogen) atoms. The Kier molecular flexibility index (Phi) is 7.44. The van der Waals surface area contributed by atoms with Gasteiger partial charge in [0.15, 0.2) is 17.6 Å². The molecular formula is C22H27NO5. The van der Waals surface area contributed by atoms with Gasteiger partial charge in [-0.3, -0.25) is 4.79 Å². The molecular weight excluding hydrogens is 358 g/mol. The van der Waals surface area contributed by atoms with Gasteiger partial charge in [0.1, 0.15) is 0 Å². The predicted octanol–water partition coefficient (Wildman–Crippen LogP) is 4.22. The average molecular weight is 385 g/mol. The lowest BCUT2D eigenvalue weighted by Crippen LogP contribution is -2.30. The number of anilines is 1. The number of hydrogen-bond acceptors (Lipinski definition) is 5. The normalized spacial score (nSPS) is 11.6. The fourth-order valence-electron chi connectivity index (χ4n) is 2.33. The number of aryl methyl sites for hydroxylation is 1. The Morgan fingerprint density at radius 2 is 1.68 bits per heavy atom. The van der Waals surface area contributed by atoms with Crippen LogP contribution in [0.3, 0.4) is 0 Å². The summed E-state index contributed by atoms with van der Waals surface area (Å²) in [5, 5.41) is 2.72. The van der Waals surface area contributed by atoms with E-state index in [0.717, 1.165) is 5.56 Å². The minimum absolute atomic E-state index is 0.281. The summed E-state index contributed by atoms with van der Waals surface area (Å²) in [5.74, 6) is 0.341. The highest BCUT2D eigenvalue weighted by atomic mass is 16.5. The molecule has 150 valence electrons. The molecule has 0 fully saturated rings. The number of amides is 1. The van der Waals surface area contributed by atoms with Crippen molar-refractivity contribution < 1.29 is 23.8 Å². The first-order chi connectivity index (χ1) is 13.3. The third kappa shape index (κ3) is 6.01. The fourth-order valence-corrected chi connectivity index (χ4v) is 2.33. The highest BCUT2D eigenvalue weighted by Crippen LogP contribution is 2.29. The highest BCUT2D eigenvalue weighted by molar-refractivity contribution is 5.97. The van der Waals surface area contributed by atoms with Crippen molar-refractivity contribution in [3.8, 4) is 11.5 Å². The number of benzene rings is 2. The summed E-state index contributed by atoms with van der Waals surface area (Å²) in [6, 6.07) is 12.2. The maximum atomic E-state index is 12.4. The Morgan fingerprint density at radius 3 is 2.29 bits per heavy atom. The smallest absolute Gasteiger partial charge is 0.339 e. The van der Waals surface area contributed by atoms with E-state index in [1.165, 1.54) is 14.0 Å². The summed E-state index contributed by atoms with van der Waals surface area (Å²) >= 11 is 0. The lowest BCUT2D eigenvalue weighted by Gasteiger charge is -2.15. The lowest BCUT2D eigenvalue weighted by atomic mass is 10.2. The van der Waals surface area contributed by atoms with Crippen molar-refractivity contribution in [1.29, 1.82) is 0 Å². The third-order valence-electron chi connectivity index (χ3n) is 3.94. The van der Waals surface area contributed by atoms with E-state index in [9.17, 15) is 9.59 Å². The van der Waals surface area contributed by atoms with E-state index in [4.69, 9.17) is 14.2 Å². The quantitative estimate of drug-likeness (QED) is 0.689. The Labute approximate surface area is 165 Å². The van der Waals surface area contributed by atoms with E-state index < -0.39 is 18.0 Å². The second kappa shape index (κ2) is 9.78. The molecule has 0 spiro atoms. The van der Waals surface area contributed by atoms with Gasteiger partial charge < -0.3 is 19.5 Å². The molecule has 0 aliphatic carbocycles. The number of ether oxygens (including phenoxy) is 3. The third-order valence-corrected chi connectivity index (χ3v) is 3.94. The van der Waals surface area contributed by atoms with E-state index in [1.807, 2.05) is 32.9 Å². The summed E-state index contributed by atoms with van der Waals surface area (Å²) in [6.45, 7) is 8.11. The first kappa shape index (κ1) is 21.3. The molecule has 2 aromatic carbocycles. The van der Waals surface area contributed by atoms with E-state index in [1.54, 1.807) is 30.3 Å². The largest absolute Gasteiger partial charge is 0.493 e. The second-order valence-electron chi connectivity index (χ2n) is 6.97. The average Bonchev–Trinajstić information content (AvgIpc) is 2.67. The highest BCUT2D eigenvalue weighted by Gasteiger charge is 2.20. The standard InChI is InChI=1S/C22H27NO5/c1-14(2)13-27-19-11-8-17(12-20(19)26-5)22(25)28-16(4)21(24)23-18-9-6-15(3)7-10-18/h6-12,14,16H,13H2,1-5H3,(H,23,24)/t16-/m1/s1. The number of carbonyl (C=O) groups is 2. The van der Waals surface area contributed by atoms with Crippen molar-refractivity contribution in [2.24, 2.45) is 5.92 Å². The molecule has 0 aliphatic heterocycles. The van der Waals surface area contributed by atoms with Crippen LogP contribution in [0.1, 0.15) is 36.7 Å². The van der Waals surface area contributed by atoms with Crippen molar-refractivity contribution in [3.05, 3.63) is 53.6 Å². The van der Waals surface area contributed by atoms with Gasteiger partial charge in [-0.05, 0) is 50.1 Å². The topological polar surface area (TPSA) is 73.9 Å². The zero-order chi connectivity index (χ0) is 20.7. The molecule has 1 N–H and O–H groups in total.